The molecule has 0 amide bonds. The lowest BCUT2D eigenvalue weighted by Crippen LogP contribution is -1.94. The van der Waals surface area contributed by atoms with Crippen molar-refractivity contribution in [3.05, 3.63) is 60.2 Å². The SMILES string of the molecule is COc1ccc(C(SC(C)=O)Sc2ccccc2)cc1. The zero-order valence-electron chi connectivity index (χ0n) is 11.4. The molecule has 104 valence electrons. The van der Waals surface area contributed by atoms with Gasteiger partial charge in [0.25, 0.3) is 0 Å². The first kappa shape index (κ1) is 15.0. The Bertz CT molecular complexity index is 552. The molecule has 0 bridgehead atoms. The standard InChI is InChI=1S/C16H16O2S2/c1-12(17)19-16(20-15-6-4-3-5-7-15)13-8-10-14(18-2)11-9-13/h3-11,16H,1-2H3. The summed E-state index contributed by atoms with van der Waals surface area (Å²) >= 11 is 3.03. The van der Waals surface area contributed by atoms with Crippen LogP contribution in [0.25, 0.3) is 0 Å². The number of carbonyl (C=O) groups is 1. The minimum Gasteiger partial charge on any atom is -0.497 e. The predicted molar refractivity (Wildman–Crippen MR) is 86.3 cm³/mol. The van der Waals surface area contributed by atoms with Gasteiger partial charge in [0.2, 0.25) is 0 Å². The zero-order chi connectivity index (χ0) is 14.4. The zero-order valence-corrected chi connectivity index (χ0v) is 13.0. The van der Waals surface area contributed by atoms with E-state index in [1.54, 1.807) is 25.8 Å². The first-order chi connectivity index (χ1) is 9.69. The molecule has 0 saturated carbocycles. The molecule has 2 aromatic carbocycles. The van der Waals surface area contributed by atoms with Crippen LogP contribution in [-0.2, 0) is 4.79 Å². The molecule has 0 radical (unpaired) electrons. The summed E-state index contributed by atoms with van der Waals surface area (Å²) in [7, 11) is 1.65. The summed E-state index contributed by atoms with van der Waals surface area (Å²) in [5.74, 6) is 0.824. The second kappa shape index (κ2) is 7.41. The summed E-state index contributed by atoms with van der Waals surface area (Å²) in [6.45, 7) is 1.60. The first-order valence-electron chi connectivity index (χ1n) is 6.22. The van der Waals surface area contributed by atoms with Crippen LogP contribution in [0.15, 0.2) is 59.5 Å². The second-order valence-corrected chi connectivity index (χ2v) is 6.90. The Kier molecular flexibility index (Phi) is 5.56. The summed E-state index contributed by atoms with van der Waals surface area (Å²) in [6, 6.07) is 18.0. The van der Waals surface area contributed by atoms with E-state index in [0.717, 1.165) is 16.2 Å². The molecule has 1 atom stereocenters. The number of thioether (sulfide) groups is 2. The molecule has 0 saturated heterocycles. The van der Waals surface area contributed by atoms with Gasteiger partial charge in [-0.15, -0.1) is 11.8 Å². The topological polar surface area (TPSA) is 26.3 Å². The van der Waals surface area contributed by atoms with Gasteiger partial charge in [-0.05, 0) is 29.8 Å². The molecule has 0 fully saturated rings. The molecule has 0 aliphatic rings. The molecule has 20 heavy (non-hydrogen) atoms. The fourth-order valence-electron chi connectivity index (χ4n) is 1.69. The van der Waals surface area contributed by atoms with Crippen molar-refractivity contribution in [2.45, 2.75) is 16.4 Å². The molecule has 0 aliphatic heterocycles. The highest BCUT2D eigenvalue weighted by atomic mass is 32.2. The third kappa shape index (κ3) is 4.32. The second-order valence-electron chi connectivity index (χ2n) is 4.15. The Balaban J connectivity index is 2.19. The van der Waals surface area contributed by atoms with Crippen LogP contribution in [0, 0.1) is 0 Å². The van der Waals surface area contributed by atoms with Crippen molar-refractivity contribution in [2.75, 3.05) is 7.11 Å². The summed E-state index contributed by atoms with van der Waals surface area (Å²) in [6.07, 6.45) is 0. The van der Waals surface area contributed by atoms with E-state index in [2.05, 4.69) is 12.1 Å². The van der Waals surface area contributed by atoms with E-state index in [0.29, 0.717) is 0 Å². The van der Waals surface area contributed by atoms with Crippen molar-refractivity contribution in [1.82, 2.24) is 0 Å². The number of hydrogen-bond donors (Lipinski definition) is 0. The Morgan fingerprint density at radius 1 is 1.05 bits per heavy atom. The van der Waals surface area contributed by atoms with Gasteiger partial charge < -0.3 is 4.74 Å². The van der Waals surface area contributed by atoms with E-state index in [1.165, 1.54) is 11.8 Å². The Morgan fingerprint density at radius 3 is 2.25 bits per heavy atom. The maximum atomic E-state index is 11.5. The summed E-state index contributed by atoms with van der Waals surface area (Å²) < 4.78 is 5.22. The Morgan fingerprint density at radius 2 is 1.70 bits per heavy atom. The van der Waals surface area contributed by atoms with Crippen molar-refractivity contribution >= 4 is 28.6 Å². The van der Waals surface area contributed by atoms with E-state index in [1.807, 2.05) is 42.5 Å². The lowest BCUT2D eigenvalue weighted by molar-refractivity contribution is -0.109. The molecule has 4 heteroatoms. The number of methoxy groups -OCH3 is 1. The molecule has 2 rings (SSSR count). The van der Waals surface area contributed by atoms with Gasteiger partial charge in [-0.1, -0.05) is 42.1 Å². The lowest BCUT2D eigenvalue weighted by atomic mass is 10.2. The van der Waals surface area contributed by atoms with Crippen molar-refractivity contribution in [2.24, 2.45) is 0 Å². The molecular formula is C16H16O2S2. The van der Waals surface area contributed by atoms with Crippen LogP contribution in [0.3, 0.4) is 0 Å². The lowest BCUT2D eigenvalue weighted by Gasteiger charge is -2.15. The van der Waals surface area contributed by atoms with Crippen molar-refractivity contribution in [1.29, 1.82) is 0 Å². The smallest absolute Gasteiger partial charge is 0.187 e. The largest absolute Gasteiger partial charge is 0.497 e. The minimum absolute atomic E-state index is 0.0563. The first-order valence-corrected chi connectivity index (χ1v) is 7.98. The molecule has 2 aromatic rings. The van der Waals surface area contributed by atoms with Crippen LogP contribution in [0.1, 0.15) is 17.1 Å². The van der Waals surface area contributed by atoms with E-state index in [9.17, 15) is 4.79 Å². The molecule has 0 N–H and O–H groups in total. The summed E-state index contributed by atoms with van der Waals surface area (Å²) in [4.78, 5) is 12.6. The van der Waals surface area contributed by atoms with E-state index in [4.69, 9.17) is 4.74 Å². The average Bonchev–Trinajstić information content (AvgIpc) is 2.47. The van der Waals surface area contributed by atoms with Gasteiger partial charge >= 0.3 is 0 Å². The highest BCUT2D eigenvalue weighted by Crippen LogP contribution is 2.44. The number of rotatable bonds is 5. The fraction of sp³-hybridized carbons (Fsp3) is 0.188. The van der Waals surface area contributed by atoms with Gasteiger partial charge in [0, 0.05) is 11.8 Å². The summed E-state index contributed by atoms with van der Waals surface area (Å²) in [5, 5.41) is 0.120. The number of hydrogen-bond acceptors (Lipinski definition) is 4. The molecule has 2 nitrogen and oxygen atoms in total. The normalized spacial score (nSPS) is 11.9. The monoisotopic (exact) mass is 304 g/mol. The van der Waals surface area contributed by atoms with Crippen molar-refractivity contribution in [3.63, 3.8) is 0 Å². The highest BCUT2D eigenvalue weighted by Gasteiger charge is 2.16. The number of carbonyl (C=O) groups excluding carboxylic acids is 1. The van der Waals surface area contributed by atoms with E-state index < -0.39 is 0 Å². The maximum absolute atomic E-state index is 11.5. The van der Waals surface area contributed by atoms with Gasteiger partial charge in [-0.25, -0.2) is 0 Å². The van der Waals surface area contributed by atoms with Gasteiger partial charge in [0.1, 0.15) is 5.75 Å². The molecule has 0 heterocycles. The van der Waals surface area contributed by atoms with Gasteiger partial charge in [0.05, 0.1) is 11.7 Å². The average molecular weight is 304 g/mol. The number of benzene rings is 2. The van der Waals surface area contributed by atoms with Crippen LogP contribution in [-0.4, -0.2) is 12.2 Å². The predicted octanol–water partition coefficient (Wildman–Crippen LogP) is 4.77. The molecular weight excluding hydrogens is 288 g/mol. The third-order valence-corrected chi connectivity index (χ3v) is 5.07. The quantitative estimate of drug-likeness (QED) is 0.587. The molecule has 0 spiro atoms. The van der Waals surface area contributed by atoms with Gasteiger partial charge in [-0.2, -0.15) is 0 Å². The molecule has 0 aliphatic carbocycles. The van der Waals surface area contributed by atoms with Crippen LogP contribution in [0.2, 0.25) is 0 Å². The van der Waals surface area contributed by atoms with Crippen LogP contribution in [0.5, 0.6) is 5.75 Å². The van der Waals surface area contributed by atoms with E-state index in [-0.39, 0.29) is 9.70 Å². The maximum Gasteiger partial charge on any atom is 0.187 e. The fourth-order valence-corrected chi connectivity index (χ4v) is 4.08. The van der Waals surface area contributed by atoms with Crippen LogP contribution in [0.4, 0.5) is 0 Å². The molecule has 0 aromatic heterocycles. The highest BCUT2D eigenvalue weighted by molar-refractivity contribution is 8.24. The van der Waals surface area contributed by atoms with E-state index >= 15 is 0 Å². The molecule has 1 unspecified atom stereocenters. The summed E-state index contributed by atoms with van der Waals surface area (Å²) in [5.41, 5.74) is 1.11. The van der Waals surface area contributed by atoms with Crippen LogP contribution < -0.4 is 4.74 Å². The Hall–Kier alpha value is -1.39. The third-order valence-electron chi connectivity index (χ3n) is 2.65. The van der Waals surface area contributed by atoms with Crippen LogP contribution >= 0.6 is 23.5 Å². The van der Waals surface area contributed by atoms with Gasteiger partial charge in [-0.3, -0.25) is 4.79 Å². The number of ether oxygens (including phenoxy) is 1. The van der Waals surface area contributed by atoms with Gasteiger partial charge in [0.15, 0.2) is 5.12 Å². The van der Waals surface area contributed by atoms with Crippen molar-refractivity contribution < 1.29 is 9.53 Å². The van der Waals surface area contributed by atoms with Crippen molar-refractivity contribution in [3.8, 4) is 5.75 Å². The Labute approximate surface area is 127 Å². The minimum atomic E-state index is 0.0563.